The highest BCUT2D eigenvalue weighted by Gasteiger charge is 2.22. The van der Waals surface area contributed by atoms with Crippen molar-refractivity contribution < 1.29 is 9.59 Å². The molecule has 2 aromatic heterocycles. The Morgan fingerprint density at radius 3 is 2.56 bits per heavy atom. The van der Waals surface area contributed by atoms with Crippen LogP contribution in [0.4, 0.5) is 0 Å². The Bertz CT molecular complexity index is 1120. The molecule has 0 unspecified atom stereocenters. The molecule has 0 aliphatic heterocycles. The standard InChI is InChI=1S/C28H41N5O2S/c1-6-11-23(28(35)29-15-10-16-32(4)5)31-27(34)20-13-14-25-24(18-20)30-26(19-22-12-9-17-36-22)33(25)21(7-2)8-3/h9,12-14,17-18,21,23H,6-8,10-11,15-16,19H2,1-5H3,(H,29,35)(H,31,34)/t23-/m0/s1. The maximum Gasteiger partial charge on any atom is 0.252 e. The van der Waals surface area contributed by atoms with Crippen LogP contribution in [-0.2, 0) is 11.2 Å². The van der Waals surface area contributed by atoms with Crippen LogP contribution < -0.4 is 10.6 Å². The van der Waals surface area contributed by atoms with Crippen LogP contribution in [0.5, 0.6) is 0 Å². The first-order valence-corrected chi connectivity index (χ1v) is 14.0. The van der Waals surface area contributed by atoms with E-state index in [0.717, 1.165) is 55.5 Å². The third-order valence-electron chi connectivity index (χ3n) is 6.53. The molecule has 2 heterocycles. The van der Waals surface area contributed by atoms with Crippen molar-refractivity contribution in [2.75, 3.05) is 27.2 Å². The van der Waals surface area contributed by atoms with E-state index in [0.29, 0.717) is 24.6 Å². The number of fused-ring (bicyclic) bond motifs is 1. The number of nitrogens with zero attached hydrogens (tertiary/aromatic N) is 3. The Balaban J connectivity index is 1.80. The molecule has 7 nitrogen and oxygen atoms in total. The van der Waals surface area contributed by atoms with Crippen LogP contribution in [0.1, 0.15) is 80.0 Å². The zero-order chi connectivity index (χ0) is 26.1. The van der Waals surface area contributed by atoms with E-state index in [1.54, 1.807) is 11.3 Å². The minimum Gasteiger partial charge on any atom is -0.354 e. The third kappa shape index (κ3) is 7.17. The maximum absolute atomic E-state index is 13.2. The number of imidazole rings is 1. The van der Waals surface area contributed by atoms with Gasteiger partial charge in [0, 0.05) is 29.4 Å². The summed E-state index contributed by atoms with van der Waals surface area (Å²) >= 11 is 1.74. The van der Waals surface area contributed by atoms with E-state index in [1.807, 2.05) is 39.2 Å². The molecule has 2 N–H and O–H groups in total. The Labute approximate surface area is 219 Å². The number of hydrogen-bond acceptors (Lipinski definition) is 5. The zero-order valence-corrected chi connectivity index (χ0v) is 23.2. The highest BCUT2D eigenvalue weighted by Crippen LogP contribution is 2.28. The smallest absolute Gasteiger partial charge is 0.252 e. The monoisotopic (exact) mass is 511 g/mol. The van der Waals surface area contributed by atoms with Crippen LogP contribution in [0.15, 0.2) is 35.7 Å². The second-order valence-electron chi connectivity index (χ2n) is 9.59. The van der Waals surface area contributed by atoms with Crippen molar-refractivity contribution in [1.82, 2.24) is 25.1 Å². The Morgan fingerprint density at radius 2 is 1.92 bits per heavy atom. The van der Waals surface area contributed by atoms with Crippen LogP contribution >= 0.6 is 11.3 Å². The van der Waals surface area contributed by atoms with Crippen molar-refractivity contribution in [2.45, 2.75) is 71.4 Å². The molecule has 0 aliphatic rings. The van der Waals surface area contributed by atoms with Crippen LogP contribution in [-0.4, -0.2) is 59.5 Å². The number of benzene rings is 1. The van der Waals surface area contributed by atoms with Crippen LogP contribution in [0.25, 0.3) is 11.0 Å². The molecule has 0 spiro atoms. The summed E-state index contributed by atoms with van der Waals surface area (Å²) in [6.07, 6.45) is 5.09. The number of aromatic nitrogens is 2. The van der Waals surface area contributed by atoms with E-state index in [4.69, 9.17) is 4.98 Å². The number of rotatable bonds is 14. The minimum absolute atomic E-state index is 0.124. The Kier molecular flexibility index (Phi) is 10.5. The molecular formula is C28H41N5O2S. The van der Waals surface area contributed by atoms with Crippen molar-refractivity contribution in [3.05, 3.63) is 52.0 Å². The molecule has 8 heteroatoms. The van der Waals surface area contributed by atoms with Gasteiger partial charge in [-0.15, -0.1) is 11.3 Å². The first-order valence-electron chi connectivity index (χ1n) is 13.1. The van der Waals surface area contributed by atoms with Crippen molar-refractivity contribution in [1.29, 1.82) is 0 Å². The van der Waals surface area contributed by atoms with E-state index in [-0.39, 0.29) is 11.8 Å². The molecule has 0 saturated carbocycles. The van der Waals surface area contributed by atoms with Crippen molar-refractivity contribution >= 4 is 34.2 Å². The van der Waals surface area contributed by atoms with Gasteiger partial charge in [0.1, 0.15) is 11.9 Å². The number of thiophene rings is 1. The fourth-order valence-electron chi connectivity index (χ4n) is 4.57. The molecule has 36 heavy (non-hydrogen) atoms. The quantitative estimate of drug-likeness (QED) is 0.298. The largest absolute Gasteiger partial charge is 0.354 e. The highest BCUT2D eigenvalue weighted by atomic mass is 32.1. The second-order valence-corrected chi connectivity index (χ2v) is 10.6. The lowest BCUT2D eigenvalue weighted by atomic mass is 10.1. The lowest BCUT2D eigenvalue weighted by Crippen LogP contribution is -2.47. The van der Waals surface area contributed by atoms with Gasteiger partial charge in [0.05, 0.1) is 11.0 Å². The Morgan fingerprint density at radius 1 is 1.14 bits per heavy atom. The third-order valence-corrected chi connectivity index (χ3v) is 7.40. The SMILES string of the molecule is CCC[C@H](NC(=O)c1ccc2c(c1)nc(Cc1cccs1)n2C(CC)CC)C(=O)NCCCN(C)C. The average Bonchev–Trinajstić information content (AvgIpc) is 3.50. The van der Waals surface area contributed by atoms with Gasteiger partial charge in [0.2, 0.25) is 5.91 Å². The number of nitrogens with one attached hydrogen (secondary N) is 2. The van der Waals surface area contributed by atoms with Crippen molar-refractivity contribution in [3.8, 4) is 0 Å². The predicted molar refractivity (Wildman–Crippen MR) is 149 cm³/mol. The van der Waals surface area contributed by atoms with Crippen LogP contribution in [0, 0.1) is 0 Å². The van der Waals surface area contributed by atoms with Gasteiger partial charge < -0.3 is 20.1 Å². The molecule has 3 aromatic rings. The van der Waals surface area contributed by atoms with E-state index in [1.165, 1.54) is 4.88 Å². The van der Waals surface area contributed by atoms with E-state index >= 15 is 0 Å². The summed E-state index contributed by atoms with van der Waals surface area (Å²) in [4.78, 5) is 34.2. The molecule has 1 atom stereocenters. The number of amides is 2. The summed E-state index contributed by atoms with van der Waals surface area (Å²) in [5, 5.41) is 8.02. The summed E-state index contributed by atoms with van der Waals surface area (Å²) in [5.41, 5.74) is 2.40. The van der Waals surface area contributed by atoms with Crippen LogP contribution in [0.3, 0.4) is 0 Å². The van der Waals surface area contributed by atoms with Gasteiger partial charge in [0.15, 0.2) is 0 Å². The summed E-state index contributed by atoms with van der Waals surface area (Å²) in [5.74, 6) is 0.664. The molecule has 0 aliphatic carbocycles. The van der Waals surface area contributed by atoms with Gasteiger partial charge >= 0.3 is 0 Å². The molecular weight excluding hydrogens is 470 g/mol. The van der Waals surface area contributed by atoms with Gasteiger partial charge in [0.25, 0.3) is 5.91 Å². The van der Waals surface area contributed by atoms with Gasteiger partial charge in [-0.2, -0.15) is 0 Å². The van der Waals surface area contributed by atoms with Crippen LogP contribution in [0.2, 0.25) is 0 Å². The van der Waals surface area contributed by atoms with E-state index in [2.05, 4.69) is 51.5 Å². The lowest BCUT2D eigenvalue weighted by molar-refractivity contribution is -0.123. The topological polar surface area (TPSA) is 79.3 Å². The lowest BCUT2D eigenvalue weighted by Gasteiger charge is -2.19. The highest BCUT2D eigenvalue weighted by molar-refractivity contribution is 7.09. The van der Waals surface area contributed by atoms with Crippen molar-refractivity contribution in [3.63, 3.8) is 0 Å². The molecule has 1 aromatic carbocycles. The van der Waals surface area contributed by atoms with Gasteiger partial charge in [-0.3, -0.25) is 9.59 Å². The summed E-state index contributed by atoms with van der Waals surface area (Å²) < 4.78 is 2.35. The number of hydrogen-bond donors (Lipinski definition) is 2. The first kappa shape index (κ1) is 27.9. The number of carbonyl (C=O) groups excluding carboxylic acids is 2. The van der Waals surface area contributed by atoms with Gasteiger partial charge in [-0.1, -0.05) is 33.3 Å². The fourth-order valence-corrected chi connectivity index (χ4v) is 5.28. The van der Waals surface area contributed by atoms with Gasteiger partial charge in [-0.05, 0) is 76.0 Å². The zero-order valence-electron chi connectivity index (χ0n) is 22.3. The first-order chi connectivity index (χ1) is 17.4. The van der Waals surface area contributed by atoms with E-state index < -0.39 is 6.04 Å². The summed E-state index contributed by atoms with van der Waals surface area (Å²) in [7, 11) is 4.02. The molecule has 3 rings (SSSR count). The maximum atomic E-state index is 13.2. The summed E-state index contributed by atoms with van der Waals surface area (Å²) in [6.45, 7) is 7.93. The molecule has 0 saturated heterocycles. The van der Waals surface area contributed by atoms with E-state index in [9.17, 15) is 9.59 Å². The normalized spacial score (nSPS) is 12.4. The molecule has 196 valence electrons. The summed E-state index contributed by atoms with van der Waals surface area (Å²) in [6, 6.07) is 9.73. The van der Waals surface area contributed by atoms with Gasteiger partial charge in [-0.25, -0.2) is 4.98 Å². The predicted octanol–water partition coefficient (Wildman–Crippen LogP) is 5.02. The second kappa shape index (κ2) is 13.6. The minimum atomic E-state index is -0.547. The molecule has 0 bridgehead atoms. The van der Waals surface area contributed by atoms with Crippen molar-refractivity contribution in [2.24, 2.45) is 0 Å². The Hall–Kier alpha value is -2.71. The molecule has 0 fully saturated rings. The average molecular weight is 512 g/mol. The fraction of sp³-hybridized carbons (Fsp3) is 0.536. The number of carbonyl (C=O) groups is 2. The molecule has 2 amide bonds. The molecule has 0 radical (unpaired) electrons.